The summed E-state index contributed by atoms with van der Waals surface area (Å²) in [4.78, 5) is 11.1. The summed E-state index contributed by atoms with van der Waals surface area (Å²) in [5.41, 5.74) is 5.18. The molecule has 0 aliphatic carbocycles. The number of aliphatic hydroxyl groups is 1. The highest BCUT2D eigenvalue weighted by Gasteiger charge is 2.10. The number of nitrogens with one attached hydrogen (secondary N) is 1. The van der Waals surface area contributed by atoms with Crippen LogP contribution in [-0.4, -0.2) is 43.4 Å². The Morgan fingerprint density at radius 1 is 1.57 bits per heavy atom. The molecule has 0 rings (SSSR count). The molecule has 1 amide bonds. The molecular weight excluding hydrogens is 184 g/mol. The van der Waals surface area contributed by atoms with Crippen molar-refractivity contribution in [1.82, 2.24) is 5.32 Å². The van der Waals surface area contributed by atoms with E-state index in [-0.39, 0.29) is 25.0 Å². The summed E-state index contributed by atoms with van der Waals surface area (Å²) >= 11 is 0. The topological polar surface area (TPSA) is 84.6 Å². The van der Waals surface area contributed by atoms with E-state index in [0.29, 0.717) is 13.2 Å². The van der Waals surface area contributed by atoms with Crippen LogP contribution in [0.15, 0.2) is 0 Å². The molecule has 0 aromatic carbocycles. The maximum atomic E-state index is 11.1. The van der Waals surface area contributed by atoms with Crippen LogP contribution >= 0.6 is 0 Å². The van der Waals surface area contributed by atoms with Gasteiger partial charge in [0, 0.05) is 13.1 Å². The molecule has 1 atom stereocenters. The van der Waals surface area contributed by atoms with Crippen LogP contribution in [0.2, 0.25) is 0 Å². The second kappa shape index (κ2) is 7.73. The lowest BCUT2D eigenvalue weighted by Crippen LogP contribution is -2.36. The summed E-state index contributed by atoms with van der Waals surface area (Å²) in [7, 11) is 0. The van der Waals surface area contributed by atoms with E-state index in [4.69, 9.17) is 10.5 Å². The second-order valence-corrected chi connectivity index (χ2v) is 3.46. The summed E-state index contributed by atoms with van der Waals surface area (Å²) in [6.07, 6.45) is -0.506. The van der Waals surface area contributed by atoms with Crippen molar-refractivity contribution in [3.8, 4) is 0 Å². The van der Waals surface area contributed by atoms with Crippen LogP contribution in [0.5, 0.6) is 0 Å². The van der Waals surface area contributed by atoms with Gasteiger partial charge in [-0.25, -0.2) is 0 Å². The molecular formula is C9H20N2O3. The molecule has 0 heterocycles. The van der Waals surface area contributed by atoms with Crippen LogP contribution in [0.3, 0.4) is 0 Å². The maximum Gasteiger partial charge on any atom is 0.246 e. The average molecular weight is 204 g/mol. The van der Waals surface area contributed by atoms with E-state index < -0.39 is 6.10 Å². The fourth-order valence-electron chi connectivity index (χ4n) is 0.753. The van der Waals surface area contributed by atoms with Crippen molar-refractivity contribution in [2.24, 2.45) is 11.7 Å². The molecule has 5 heteroatoms. The first-order valence-electron chi connectivity index (χ1n) is 4.80. The number of ether oxygens (including phenoxy) is 1. The first-order valence-corrected chi connectivity index (χ1v) is 4.80. The number of rotatable bonds is 7. The Kier molecular flexibility index (Phi) is 7.37. The predicted molar refractivity (Wildman–Crippen MR) is 53.7 cm³/mol. The van der Waals surface area contributed by atoms with Crippen molar-refractivity contribution in [1.29, 1.82) is 0 Å². The molecule has 84 valence electrons. The Morgan fingerprint density at radius 2 is 2.21 bits per heavy atom. The van der Waals surface area contributed by atoms with Crippen molar-refractivity contribution in [3.05, 3.63) is 0 Å². The van der Waals surface area contributed by atoms with Crippen molar-refractivity contribution in [2.45, 2.75) is 20.0 Å². The molecule has 1 unspecified atom stereocenters. The highest BCUT2D eigenvalue weighted by Crippen LogP contribution is 1.98. The summed E-state index contributed by atoms with van der Waals surface area (Å²) in [6.45, 7) is 4.83. The van der Waals surface area contributed by atoms with E-state index in [9.17, 15) is 9.90 Å². The lowest BCUT2D eigenvalue weighted by Gasteiger charge is -2.14. The highest BCUT2D eigenvalue weighted by atomic mass is 16.5. The minimum absolute atomic E-state index is 0.00200. The molecule has 0 bridgehead atoms. The zero-order chi connectivity index (χ0) is 11.0. The van der Waals surface area contributed by atoms with Gasteiger partial charge in [0.1, 0.15) is 6.61 Å². The van der Waals surface area contributed by atoms with Gasteiger partial charge >= 0.3 is 0 Å². The van der Waals surface area contributed by atoms with E-state index >= 15 is 0 Å². The SMILES string of the molecule is CC(C)C(O)CNC(=O)COCCN. The van der Waals surface area contributed by atoms with Crippen molar-refractivity contribution in [2.75, 3.05) is 26.3 Å². The zero-order valence-electron chi connectivity index (χ0n) is 8.82. The van der Waals surface area contributed by atoms with Crippen LogP contribution in [0, 0.1) is 5.92 Å². The third-order valence-corrected chi connectivity index (χ3v) is 1.77. The van der Waals surface area contributed by atoms with Gasteiger partial charge in [0.15, 0.2) is 0 Å². The van der Waals surface area contributed by atoms with E-state index in [2.05, 4.69) is 5.32 Å². The minimum atomic E-state index is -0.506. The first kappa shape index (κ1) is 13.4. The monoisotopic (exact) mass is 204 g/mol. The number of carbonyl (C=O) groups is 1. The van der Waals surface area contributed by atoms with Crippen LogP contribution in [0.25, 0.3) is 0 Å². The number of hydrogen-bond acceptors (Lipinski definition) is 4. The highest BCUT2D eigenvalue weighted by molar-refractivity contribution is 5.77. The normalized spacial score (nSPS) is 12.9. The molecule has 0 saturated heterocycles. The predicted octanol–water partition coefficient (Wildman–Crippen LogP) is -0.905. The molecule has 5 nitrogen and oxygen atoms in total. The van der Waals surface area contributed by atoms with Gasteiger partial charge in [0.2, 0.25) is 5.91 Å². The zero-order valence-corrected chi connectivity index (χ0v) is 8.82. The van der Waals surface area contributed by atoms with Crippen LogP contribution in [-0.2, 0) is 9.53 Å². The van der Waals surface area contributed by atoms with Crippen molar-refractivity contribution < 1.29 is 14.6 Å². The van der Waals surface area contributed by atoms with Gasteiger partial charge in [-0.15, -0.1) is 0 Å². The van der Waals surface area contributed by atoms with E-state index in [1.54, 1.807) is 0 Å². The molecule has 4 N–H and O–H groups in total. The van der Waals surface area contributed by atoms with Gasteiger partial charge < -0.3 is 20.9 Å². The Bertz CT molecular complexity index is 162. The van der Waals surface area contributed by atoms with Gasteiger partial charge in [-0.1, -0.05) is 13.8 Å². The van der Waals surface area contributed by atoms with E-state index in [1.165, 1.54) is 0 Å². The Hall–Kier alpha value is -0.650. The van der Waals surface area contributed by atoms with Gasteiger partial charge in [-0.05, 0) is 5.92 Å². The first-order chi connectivity index (χ1) is 6.57. The Labute approximate surface area is 84.6 Å². The Balaban J connectivity index is 3.44. The smallest absolute Gasteiger partial charge is 0.246 e. The van der Waals surface area contributed by atoms with Gasteiger partial charge in [0.05, 0.1) is 12.7 Å². The van der Waals surface area contributed by atoms with Crippen LogP contribution in [0.4, 0.5) is 0 Å². The van der Waals surface area contributed by atoms with E-state index in [1.807, 2.05) is 13.8 Å². The molecule has 14 heavy (non-hydrogen) atoms. The van der Waals surface area contributed by atoms with Gasteiger partial charge in [-0.2, -0.15) is 0 Å². The Morgan fingerprint density at radius 3 is 2.71 bits per heavy atom. The van der Waals surface area contributed by atoms with Gasteiger partial charge in [-0.3, -0.25) is 4.79 Å². The fourth-order valence-corrected chi connectivity index (χ4v) is 0.753. The van der Waals surface area contributed by atoms with Crippen molar-refractivity contribution in [3.63, 3.8) is 0 Å². The maximum absolute atomic E-state index is 11.1. The molecule has 0 saturated carbocycles. The molecule has 0 aromatic heterocycles. The second-order valence-electron chi connectivity index (χ2n) is 3.46. The number of hydrogen-bond donors (Lipinski definition) is 3. The quantitative estimate of drug-likeness (QED) is 0.469. The number of amides is 1. The van der Waals surface area contributed by atoms with Crippen LogP contribution < -0.4 is 11.1 Å². The average Bonchev–Trinajstić information content (AvgIpc) is 2.14. The number of aliphatic hydroxyl groups excluding tert-OH is 1. The third kappa shape index (κ3) is 6.82. The summed E-state index contributed by atoms with van der Waals surface area (Å²) in [6, 6.07) is 0. The molecule has 0 aliphatic rings. The lowest BCUT2D eigenvalue weighted by molar-refractivity contribution is -0.126. The number of nitrogens with two attached hydrogens (primary N) is 1. The summed E-state index contributed by atoms with van der Waals surface area (Å²) < 4.78 is 4.92. The summed E-state index contributed by atoms with van der Waals surface area (Å²) in [5, 5.41) is 11.9. The molecule has 0 radical (unpaired) electrons. The molecule has 0 fully saturated rings. The fraction of sp³-hybridized carbons (Fsp3) is 0.889. The van der Waals surface area contributed by atoms with Gasteiger partial charge in [0.25, 0.3) is 0 Å². The molecule has 0 aliphatic heterocycles. The molecule has 0 spiro atoms. The number of carbonyl (C=O) groups excluding carboxylic acids is 1. The van der Waals surface area contributed by atoms with E-state index in [0.717, 1.165) is 0 Å². The molecule has 0 aromatic rings. The minimum Gasteiger partial charge on any atom is -0.391 e. The standard InChI is InChI=1S/C9H20N2O3/c1-7(2)8(12)5-11-9(13)6-14-4-3-10/h7-8,12H,3-6,10H2,1-2H3,(H,11,13). The lowest BCUT2D eigenvalue weighted by atomic mass is 10.1. The van der Waals surface area contributed by atoms with Crippen LogP contribution in [0.1, 0.15) is 13.8 Å². The summed E-state index contributed by atoms with van der Waals surface area (Å²) in [5.74, 6) is -0.0848. The third-order valence-electron chi connectivity index (χ3n) is 1.77. The van der Waals surface area contributed by atoms with Crippen molar-refractivity contribution >= 4 is 5.91 Å². The largest absolute Gasteiger partial charge is 0.391 e.